The maximum absolute atomic E-state index is 11.2. The maximum Gasteiger partial charge on any atom is 0.307 e. The largest absolute Gasteiger partial charge is 0.481 e. The highest BCUT2D eigenvalue weighted by Crippen LogP contribution is 2.35. The average molecular weight is 285 g/mol. The Hall–Kier alpha value is -2.07. The van der Waals surface area contributed by atoms with Crippen LogP contribution in [0, 0.1) is 13.8 Å². The molecule has 0 unspecified atom stereocenters. The van der Waals surface area contributed by atoms with E-state index in [1.54, 1.807) is 11.3 Å². The predicted octanol–water partition coefficient (Wildman–Crippen LogP) is 4.14. The Kier molecular flexibility index (Phi) is 3.10. The Labute approximate surface area is 120 Å². The Bertz CT molecular complexity index is 798. The second-order valence-electron chi connectivity index (χ2n) is 4.96. The molecule has 0 aliphatic carbocycles. The smallest absolute Gasteiger partial charge is 0.307 e. The average Bonchev–Trinajstić information content (AvgIpc) is 2.95. The first kappa shape index (κ1) is 12.9. The molecule has 0 aliphatic rings. The van der Waals surface area contributed by atoms with Crippen molar-refractivity contribution < 1.29 is 9.90 Å². The number of carboxylic acids is 1. The monoisotopic (exact) mass is 285 g/mol. The first-order valence-electron chi connectivity index (χ1n) is 6.45. The zero-order valence-corrected chi connectivity index (χ0v) is 12.2. The number of carbonyl (C=O) groups is 1. The standard InChI is InChI=1S/C16H15NO2S/c1-9-4-3-5-11-12(8-14(18)19)16(17-15(9)11)13-7-6-10(2)20-13/h3-7,17H,8H2,1-2H3,(H,18,19). The lowest BCUT2D eigenvalue weighted by Gasteiger charge is -2.00. The molecule has 0 atom stereocenters. The van der Waals surface area contributed by atoms with Crippen LogP contribution in [0.25, 0.3) is 21.5 Å². The SMILES string of the molecule is Cc1ccc(-c2[nH]c3c(C)cccc3c2CC(=O)O)s1. The summed E-state index contributed by atoms with van der Waals surface area (Å²) in [7, 11) is 0. The highest BCUT2D eigenvalue weighted by atomic mass is 32.1. The van der Waals surface area contributed by atoms with Crippen LogP contribution in [0.2, 0.25) is 0 Å². The number of thiophene rings is 1. The van der Waals surface area contributed by atoms with Crippen LogP contribution in [0.15, 0.2) is 30.3 Å². The first-order chi connectivity index (χ1) is 9.56. The van der Waals surface area contributed by atoms with E-state index in [4.69, 9.17) is 0 Å². The molecular weight excluding hydrogens is 270 g/mol. The molecule has 102 valence electrons. The molecule has 20 heavy (non-hydrogen) atoms. The normalized spacial score (nSPS) is 11.1. The number of aromatic amines is 1. The van der Waals surface area contributed by atoms with Gasteiger partial charge >= 0.3 is 5.97 Å². The number of aromatic nitrogens is 1. The Morgan fingerprint density at radius 2 is 2.05 bits per heavy atom. The van der Waals surface area contributed by atoms with Gasteiger partial charge in [0.15, 0.2) is 0 Å². The summed E-state index contributed by atoms with van der Waals surface area (Å²) in [5.74, 6) is -0.804. The molecular formula is C16H15NO2S. The number of hydrogen-bond donors (Lipinski definition) is 2. The Balaban J connectivity index is 2.29. The molecule has 0 fully saturated rings. The van der Waals surface area contributed by atoms with Gasteiger partial charge in [0.25, 0.3) is 0 Å². The number of rotatable bonds is 3. The van der Waals surface area contributed by atoms with E-state index >= 15 is 0 Å². The van der Waals surface area contributed by atoms with E-state index in [-0.39, 0.29) is 6.42 Å². The van der Waals surface area contributed by atoms with Crippen LogP contribution < -0.4 is 0 Å². The van der Waals surface area contributed by atoms with E-state index in [0.29, 0.717) is 0 Å². The molecule has 0 amide bonds. The second kappa shape index (κ2) is 4.80. The summed E-state index contributed by atoms with van der Waals surface area (Å²) in [6.45, 7) is 4.09. The molecule has 2 N–H and O–H groups in total. The summed E-state index contributed by atoms with van der Waals surface area (Å²) < 4.78 is 0. The summed E-state index contributed by atoms with van der Waals surface area (Å²) in [5.41, 5.74) is 3.98. The molecule has 2 heterocycles. The summed E-state index contributed by atoms with van der Waals surface area (Å²) in [5, 5.41) is 10.2. The number of para-hydroxylation sites is 1. The van der Waals surface area contributed by atoms with Gasteiger partial charge in [-0.3, -0.25) is 4.79 Å². The molecule has 2 aromatic heterocycles. The molecule has 0 saturated carbocycles. The lowest BCUT2D eigenvalue weighted by Crippen LogP contribution is -2.00. The van der Waals surface area contributed by atoms with Crippen molar-refractivity contribution in [2.24, 2.45) is 0 Å². The number of nitrogens with one attached hydrogen (secondary N) is 1. The number of carboxylic acid groups (broad SMARTS) is 1. The third kappa shape index (κ3) is 2.12. The minimum atomic E-state index is -0.804. The quantitative estimate of drug-likeness (QED) is 0.760. The van der Waals surface area contributed by atoms with Crippen LogP contribution in [0.5, 0.6) is 0 Å². The van der Waals surface area contributed by atoms with Crippen molar-refractivity contribution in [3.8, 4) is 10.6 Å². The van der Waals surface area contributed by atoms with Gasteiger partial charge in [0, 0.05) is 15.8 Å². The summed E-state index contributed by atoms with van der Waals surface area (Å²) >= 11 is 1.68. The van der Waals surface area contributed by atoms with Crippen molar-refractivity contribution in [1.29, 1.82) is 0 Å². The van der Waals surface area contributed by atoms with Gasteiger partial charge in [0.2, 0.25) is 0 Å². The number of aliphatic carboxylic acids is 1. The number of H-pyrrole nitrogens is 1. The van der Waals surface area contributed by atoms with Gasteiger partial charge in [-0.25, -0.2) is 0 Å². The third-order valence-electron chi connectivity index (χ3n) is 3.46. The van der Waals surface area contributed by atoms with Gasteiger partial charge in [-0.15, -0.1) is 11.3 Å². The van der Waals surface area contributed by atoms with Crippen LogP contribution in [0.3, 0.4) is 0 Å². The Morgan fingerprint density at radius 1 is 1.25 bits per heavy atom. The van der Waals surface area contributed by atoms with Crippen LogP contribution in [-0.2, 0) is 11.2 Å². The molecule has 4 heteroatoms. The molecule has 1 aromatic carbocycles. The minimum Gasteiger partial charge on any atom is -0.481 e. The molecule has 0 saturated heterocycles. The molecule has 3 aromatic rings. The number of hydrogen-bond acceptors (Lipinski definition) is 2. The van der Waals surface area contributed by atoms with E-state index in [2.05, 4.69) is 18.0 Å². The van der Waals surface area contributed by atoms with Crippen molar-refractivity contribution in [1.82, 2.24) is 4.98 Å². The molecule has 3 rings (SSSR count). The fourth-order valence-electron chi connectivity index (χ4n) is 2.53. The molecule has 0 aliphatic heterocycles. The molecule has 3 nitrogen and oxygen atoms in total. The zero-order valence-electron chi connectivity index (χ0n) is 11.4. The van der Waals surface area contributed by atoms with E-state index in [1.807, 2.05) is 31.2 Å². The zero-order chi connectivity index (χ0) is 14.3. The lowest BCUT2D eigenvalue weighted by molar-refractivity contribution is -0.136. The first-order valence-corrected chi connectivity index (χ1v) is 7.26. The topological polar surface area (TPSA) is 53.1 Å². The van der Waals surface area contributed by atoms with E-state index < -0.39 is 5.97 Å². The molecule has 0 bridgehead atoms. The van der Waals surface area contributed by atoms with Crippen molar-refractivity contribution in [2.45, 2.75) is 20.3 Å². The third-order valence-corrected chi connectivity index (χ3v) is 4.48. The van der Waals surface area contributed by atoms with Gasteiger partial charge in [0.1, 0.15) is 0 Å². The lowest BCUT2D eigenvalue weighted by atomic mass is 10.0. The number of fused-ring (bicyclic) bond motifs is 1. The van der Waals surface area contributed by atoms with Gasteiger partial charge in [-0.05, 0) is 37.1 Å². The predicted molar refractivity (Wildman–Crippen MR) is 82.4 cm³/mol. The summed E-state index contributed by atoms with van der Waals surface area (Å²) in [6.07, 6.45) is 0.0374. The fourth-order valence-corrected chi connectivity index (χ4v) is 3.43. The highest BCUT2D eigenvalue weighted by Gasteiger charge is 2.17. The van der Waals surface area contributed by atoms with Gasteiger partial charge in [-0.2, -0.15) is 0 Å². The van der Waals surface area contributed by atoms with Crippen molar-refractivity contribution in [2.75, 3.05) is 0 Å². The van der Waals surface area contributed by atoms with Crippen LogP contribution in [0.4, 0.5) is 0 Å². The van der Waals surface area contributed by atoms with Crippen molar-refractivity contribution in [3.63, 3.8) is 0 Å². The van der Waals surface area contributed by atoms with Gasteiger partial charge in [-0.1, -0.05) is 18.2 Å². The fraction of sp³-hybridized carbons (Fsp3) is 0.188. The Morgan fingerprint density at radius 3 is 2.70 bits per heavy atom. The number of aryl methyl sites for hydroxylation is 2. The second-order valence-corrected chi connectivity index (χ2v) is 6.24. The minimum absolute atomic E-state index is 0.0374. The van der Waals surface area contributed by atoms with Crippen LogP contribution >= 0.6 is 11.3 Å². The summed E-state index contributed by atoms with van der Waals surface area (Å²) in [6, 6.07) is 10.1. The maximum atomic E-state index is 11.2. The van der Waals surface area contributed by atoms with Crippen LogP contribution in [0.1, 0.15) is 16.0 Å². The van der Waals surface area contributed by atoms with Crippen molar-refractivity contribution in [3.05, 3.63) is 46.3 Å². The molecule has 0 spiro atoms. The van der Waals surface area contributed by atoms with Gasteiger partial charge < -0.3 is 10.1 Å². The number of benzene rings is 1. The van der Waals surface area contributed by atoms with E-state index in [0.717, 1.165) is 32.6 Å². The van der Waals surface area contributed by atoms with E-state index in [1.165, 1.54) is 4.88 Å². The summed E-state index contributed by atoms with van der Waals surface area (Å²) in [4.78, 5) is 16.9. The highest BCUT2D eigenvalue weighted by molar-refractivity contribution is 7.15. The van der Waals surface area contributed by atoms with Crippen molar-refractivity contribution >= 4 is 28.2 Å². The van der Waals surface area contributed by atoms with Crippen LogP contribution in [-0.4, -0.2) is 16.1 Å². The van der Waals surface area contributed by atoms with E-state index in [9.17, 15) is 9.90 Å². The molecule has 0 radical (unpaired) electrons. The van der Waals surface area contributed by atoms with Gasteiger partial charge in [0.05, 0.1) is 17.0 Å².